The Labute approximate surface area is 183 Å². The number of piperidine rings is 2. The van der Waals surface area contributed by atoms with Crippen molar-refractivity contribution in [1.82, 2.24) is 9.21 Å². The molecule has 0 N–H and O–H groups in total. The molecule has 3 unspecified atom stereocenters. The van der Waals surface area contributed by atoms with Crippen LogP contribution < -0.4 is 0 Å². The average Bonchev–Trinajstić information content (AvgIpc) is 2.72. The number of nitrogens with zero attached hydrogens (tertiary/aromatic N) is 2. The van der Waals surface area contributed by atoms with Crippen LogP contribution in [-0.2, 0) is 24.3 Å². The summed E-state index contributed by atoms with van der Waals surface area (Å²) in [5.41, 5.74) is 0. The number of sulfonamides is 1. The molecule has 3 atom stereocenters. The van der Waals surface area contributed by atoms with E-state index in [0.717, 1.165) is 19.3 Å². The normalized spacial score (nSPS) is 25.7. The Morgan fingerprint density at radius 2 is 1.70 bits per heavy atom. The Bertz CT molecular complexity index is 864. The number of benzene rings is 1. The van der Waals surface area contributed by atoms with Gasteiger partial charge < -0.3 is 9.64 Å². The predicted molar refractivity (Wildman–Crippen MR) is 114 cm³/mol. The van der Waals surface area contributed by atoms with Crippen LogP contribution in [0.15, 0.2) is 29.2 Å². The lowest BCUT2D eigenvalue weighted by molar-refractivity contribution is -0.158. The van der Waals surface area contributed by atoms with Crippen molar-refractivity contribution < 1.29 is 22.7 Å². The molecule has 1 aromatic rings. The van der Waals surface area contributed by atoms with E-state index in [0.29, 0.717) is 24.4 Å². The Balaban J connectivity index is 1.59. The highest BCUT2D eigenvalue weighted by molar-refractivity contribution is 7.89. The molecule has 0 spiro atoms. The molecule has 0 saturated carbocycles. The molecule has 3 rings (SSSR count). The molecule has 2 heterocycles. The molecule has 2 aliphatic heterocycles. The zero-order valence-corrected chi connectivity index (χ0v) is 19.0. The first-order valence-corrected chi connectivity index (χ1v) is 12.3. The van der Waals surface area contributed by atoms with E-state index >= 15 is 0 Å². The first-order chi connectivity index (χ1) is 14.2. The van der Waals surface area contributed by atoms with Crippen LogP contribution in [0.5, 0.6) is 0 Å². The van der Waals surface area contributed by atoms with Gasteiger partial charge >= 0.3 is 5.97 Å². The van der Waals surface area contributed by atoms with Gasteiger partial charge in [-0.05, 0) is 70.2 Å². The molecular formula is C21H29ClN2O5S. The summed E-state index contributed by atoms with van der Waals surface area (Å²) in [6.07, 6.45) is 4.08. The van der Waals surface area contributed by atoms with E-state index in [2.05, 4.69) is 0 Å². The Hall–Kier alpha value is -1.64. The minimum Gasteiger partial charge on any atom is -0.455 e. The Morgan fingerprint density at radius 1 is 1.07 bits per heavy atom. The molecule has 9 heteroatoms. The number of halogens is 1. The molecule has 2 fully saturated rings. The van der Waals surface area contributed by atoms with Gasteiger partial charge in [0.2, 0.25) is 10.0 Å². The van der Waals surface area contributed by atoms with E-state index in [-0.39, 0.29) is 36.0 Å². The Morgan fingerprint density at radius 3 is 2.33 bits per heavy atom. The van der Waals surface area contributed by atoms with Crippen molar-refractivity contribution in [3.8, 4) is 0 Å². The van der Waals surface area contributed by atoms with Gasteiger partial charge in [0.15, 0.2) is 6.61 Å². The van der Waals surface area contributed by atoms with Crippen LogP contribution in [0, 0.1) is 5.92 Å². The molecule has 0 aromatic heterocycles. The van der Waals surface area contributed by atoms with Gasteiger partial charge in [-0.2, -0.15) is 4.31 Å². The number of rotatable bonds is 5. The van der Waals surface area contributed by atoms with E-state index < -0.39 is 21.9 Å². The first-order valence-electron chi connectivity index (χ1n) is 10.4. The summed E-state index contributed by atoms with van der Waals surface area (Å²) >= 11 is 5.85. The fourth-order valence-electron chi connectivity index (χ4n) is 4.35. The maximum absolute atomic E-state index is 12.9. The third kappa shape index (κ3) is 5.15. The number of ether oxygens (including phenoxy) is 1. The van der Waals surface area contributed by atoms with Crippen molar-refractivity contribution in [3.05, 3.63) is 29.3 Å². The molecule has 30 heavy (non-hydrogen) atoms. The minimum absolute atomic E-state index is 0.0501. The van der Waals surface area contributed by atoms with Crippen LogP contribution in [0.2, 0.25) is 5.02 Å². The summed E-state index contributed by atoms with van der Waals surface area (Å²) in [5.74, 6) is -1.29. The molecular weight excluding hydrogens is 428 g/mol. The van der Waals surface area contributed by atoms with Crippen molar-refractivity contribution in [2.75, 3.05) is 19.7 Å². The van der Waals surface area contributed by atoms with Crippen molar-refractivity contribution in [3.63, 3.8) is 0 Å². The van der Waals surface area contributed by atoms with Gasteiger partial charge in [0.25, 0.3) is 5.91 Å². The first kappa shape index (κ1) is 23.0. The second kappa shape index (κ2) is 9.66. The summed E-state index contributed by atoms with van der Waals surface area (Å²) in [7, 11) is -3.72. The number of amides is 1. The molecule has 0 radical (unpaired) electrons. The van der Waals surface area contributed by atoms with E-state index in [9.17, 15) is 18.0 Å². The van der Waals surface area contributed by atoms with Crippen LogP contribution in [0.3, 0.4) is 0 Å². The van der Waals surface area contributed by atoms with Gasteiger partial charge in [-0.25, -0.2) is 8.42 Å². The molecule has 1 amide bonds. The fraction of sp³-hybridized carbons (Fsp3) is 0.619. The SMILES string of the molecule is CC1CCCC(C)N1C(=O)COC(=O)C1CCCN(S(=O)(=O)c2ccc(Cl)cc2)C1. The van der Waals surface area contributed by atoms with Crippen LogP contribution >= 0.6 is 11.6 Å². The largest absolute Gasteiger partial charge is 0.455 e. The van der Waals surface area contributed by atoms with Gasteiger partial charge in [-0.15, -0.1) is 0 Å². The number of likely N-dealkylation sites (tertiary alicyclic amines) is 1. The second-order valence-corrected chi connectivity index (χ2v) is 10.6. The van der Waals surface area contributed by atoms with Crippen LogP contribution in [0.4, 0.5) is 0 Å². The zero-order valence-electron chi connectivity index (χ0n) is 17.4. The number of carbonyl (C=O) groups excluding carboxylic acids is 2. The van der Waals surface area contributed by atoms with Crippen LogP contribution in [-0.4, -0.2) is 61.3 Å². The van der Waals surface area contributed by atoms with E-state index in [4.69, 9.17) is 16.3 Å². The minimum atomic E-state index is -3.72. The average molecular weight is 457 g/mol. The lowest BCUT2D eigenvalue weighted by atomic mass is 9.97. The summed E-state index contributed by atoms with van der Waals surface area (Å²) in [4.78, 5) is 27.1. The molecule has 2 saturated heterocycles. The lowest BCUT2D eigenvalue weighted by Crippen LogP contribution is -2.49. The summed E-state index contributed by atoms with van der Waals surface area (Å²) < 4.78 is 32.4. The van der Waals surface area contributed by atoms with E-state index in [1.54, 1.807) is 4.90 Å². The standard InChI is InChI=1S/C21H29ClN2O5S/c1-15-5-3-6-16(2)24(15)20(25)14-29-21(26)17-7-4-12-23(13-17)30(27,28)19-10-8-18(22)9-11-19/h8-11,15-17H,3-7,12-14H2,1-2H3. The quantitative estimate of drug-likeness (QED) is 0.636. The number of carbonyl (C=O) groups is 2. The summed E-state index contributed by atoms with van der Waals surface area (Å²) in [5, 5.41) is 0.455. The highest BCUT2D eigenvalue weighted by Gasteiger charge is 2.35. The maximum Gasteiger partial charge on any atom is 0.310 e. The van der Waals surface area contributed by atoms with Crippen molar-refractivity contribution in [2.45, 2.75) is 62.9 Å². The third-order valence-electron chi connectivity index (χ3n) is 5.99. The number of hydrogen-bond donors (Lipinski definition) is 0. The van der Waals surface area contributed by atoms with Gasteiger partial charge in [0.05, 0.1) is 10.8 Å². The summed E-state index contributed by atoms with van der Waals surface area (Å²) in [6.45, 7) is 4.12. The fourth-order valence-corrected chi connectivity index (χ4v) is 6.00. The summed E-state index contributed by atoms with van der Waals surface area (Å²) in [6, 6.07) is 6.24. The molecule has 7 nitrogen and oxygen atoms in total. The lowest BCUT2D eigenvalue weighted by Gasteiger charge is -2.39. The molecule has 0 aliphatic carbocycles. The van der Waals surface area contributed by atoms with Gasteiger partial charge in [-0.1, -0.05) is 11.6 Å². The van der Waals surface area contributed by atoms with Crippen molar-refractivity contribution in [2.24, 2.45) is 5.92 Å². The monoisotopic (exact) mass is 456 g/mol. The molecule has 2 aliphatic rings. The van der Waals surface area contributed by atoms with E-state index in [1.807, 2.05) is 13.8 Å². The number of esters is 1. The predicted octanol–water partition coefficient (Wildman–Crippen LogP) is 3.07. The second-order valence-electron chi connectivity index (χ2n) is 8.19. The van der Waals surface area contributed by atoms with Gasteiger partial charge in [0, 0.05) is 30.2 Å². The van der Waals surface area contributed by atoms with Crippen molar-refractivity contribution in [1.29, 1.82) is 0 Å². The zero-order chi connectivity index (χ0) is 21.9. The topological polar surface area (TPSA) is 84.0 Å². The van der Waals surface area contributed by atoms with Crippen LogP contribution in [0.25, 0.3) is 0 Å². The van der Waals surface area contributed by atoms with E-state index in [1.165, 1.54) is 28.6 Å². The maximum atomic E-state index is 12.9. The third-order valence-corrected chi connectivity index (χ3v) is 8.12. The molecule has 0 bridgehead atoms. The highest BCUT2D eigenvalue weighted by atomic mass is 35.5. The van der Waals surface area contributed by atoms with Gasteiger partial charge in [0.1, 0.15) is 0 Å². The van der Waals surface area contributed by atoms with Crippen LogP contribution in [0.1, 0.15) is 46.0 Å². The number of hydrogen-bond acceptors (Lipinski definition) is 5. The van der Waals surface area contributed by atoms with Gasteiger partial charge in [-0.3, -0.25) is 9.59 Å². The van der Waals surface area contributed by atoms with Crippen molar-refractivity contribution >= 4 is 33.5 Å². The molecule has 166 valence electrons. The smallest absolute Gasteiger partial charge is 0.310 e. The highest BCUT2D eigenvalue weighted by Crippen LogP contribution is 2.26. The Kier molecular flexibility index (Phi) is 7.42. The molecule has 1 aromatic carbocycles.